The van der Waals surface area contributed by atoms with Crippen molar-refractivity contribution in [1.82, 2.24) is 9.80 Å². The van der Waals surface area contributed by atoms with Crippen molar-refractivity contribution in [3.05, 3.63) is 71.3 Å². The minimum atomic E-state index is -4.41. The summed E-state index contributed by atoms with van der Waals surface area (Å²) in [5, 5.41) is 0. The van der Waals surface area contributed by atoms with Gasteiger partial charge < -0.3 is 9.64 Å². The quantitative estimate of drug-likeness (QED) is 0.477. The maximum atomic E-state index is 13.4. The fraction of sp³-hybridized carbons (Fsp3) is 0.409. The number of halogens is 5. The minimum absolute atomic E-state index is 0.116. The molecule has 0 aliphatic carbocycles. The van der Waals surface area contributed by atoms with Crippen LogP contribution in [0.5, 0.6) is 0 Å². The van der Waals surface area contributed by atoms with Gasteiger partial charge in [0.1, 0.15) is 18.2 Å². The Bertz CT molecular complexity index is 802. The van der Waals surface area contributed by atoms with E-state index in [9.17, 15) is 26.7 Å². The third-order valence-electron chi connectivity index (χ3n) is 5.13. The standard InChI is InChI=1S/C22H23F5N2O2/c23-18-5-1-16(2-6-18)21(17-3-7-19(24)8-4-17)29-12-10-28(11-13-29)20(30)9-14-31-15-22(25,26)27/h1-8,21H,9-15H2. The summed E-state index contributed by atoms with van der Waals surface area (Å²) in [6.45, 7) is 0.161. The van der Waals surface area contributed by atoms with Gasteiger partial charge in [0.05, 0.1) is 19.1 Å². The first kappa shape index (κ1) is 23.1. The molecule has 4 nitrogen and oxygen atoms in total. The van der Waals surface area contributed by atoms with Gasteiger partial charge in [-0.25, -0.2) is 8.78 Å². The van der Waals surface area contributed by atoms with Crippen molar-refractivity contribution in [2.24, 2.45) is 0 Å². The Balaban J connectivity index is 1.62. The summed E-state index contributed by atoms with van der Waals surface area (Å²) in [6.07, 6.45) is -4.53. The van der Waals surface area contributed by atoms with E-state index in [0.29, 0.717) is 26.2 Å². The number of nitrogens with zero attached hydrogens (tertiary/aromatic N) is 2. The van der Waals surface area contributed by atoms with Gasteiger partial charge in [0.25, 0.3) is 0 Å². The molecular weight excluding hydrogens is 419 g/mol. The summed E-state index contributed by atoms with van der Waals surface area (Å²) in [5.74, 6) is -0.975. The second kappa shape index (κ2) is 10.2. The van der Waals surface area contributed by atoms with Crippen molar-refractivity contribution in [2.75, 3.05) is 39.4 Å². The normalized spacial score (nSPS) is 15.5. The molecule has 0 aromatic heterocycles. The van der Waals surface area contributed by atoms with E-state index < -0.39 is 12.8 Å². The van der Waals surface area contributed by atoms with Crippen molar-refractivity contribution in [2.45, 2.75) is 18.6 Å². The molecule has 0 bridgehead atoms. The molecule has 3 rings (SSSR count). The first-order chi connectivity index (χ1) is 14.7. The van der Waals surface area contributed by atoms with E-state index in [1.165, 1.54) is 24.3 Å². The smallest absolute Gasteiger partial charge is 0.372 e. The van der Waals surface area contributed by atoms with Crippen molar-refractivity contribution < 1.29 is 31.5 Å². The lowest BCUT2D eigenvalue weighted by Gasteiger charge is -2.40. The highest BCUT2D eigenvalue weighted by molar-refractivity contribution is 5.76. The van der Waals surface area contributed by atoms with E-state index in [4.69, 9.17) is 0 Å². The lowest BCUT2D eigenvalue weighted by molar-refractivity contribution is -0.175. The highest BCUT2D eigenvalue weighted by Crippen LogP contribution is 2.30. The molecule has 0 N–H and O–H groups in total. The van der Waals surface area contributed by atoms with E-state index >= 15 is 0 Å². The fourth-order valence-corrected chi connectivity index (χ4v) is 3.64. The van der Waals surface area contributed by atoms with Crippen LogP contribution in [0.3, 0.4) is 0 Å². The van der Waals surface area contributed by atoms with Crippen LogP contribution in [0.25, 0.3) is 0 Å². The molecule has 1 saturated heterocycles. The summed E-state index contributed by atoms with van der Waals surface area (Å²) < 4.78 is 67.6. The van der Waals surface area contributed by atoms with Gasteiger partial charge in [-0.3, -0.25) is 9.69 Å². The lowest BCUT2D eigenvalue weighted by atomic mass is 9.96. The van der Waals surface area contributed by atoms with Crippen molar-refractivity contribution in [1.29, 1.82) is 0 Å². The van der Waals surface area contributed by atoms with Crippen LogP contribution < -0.4 is 0 Å². The number of amides is 1. The van der Waals surface area contributed by atoms with Gasteiger partial charge in [-0.1, -0.05) is 24.3 Å². The molecule has 31 heavy (non-hydrogen) atoms. The molecule has 0 atom stereocenters. The molecule has 1 amide bonds. The fourth-order valence-electron chi connectivity index (χ4n) is 3.64. The van der Waals surface area contributed by atoms with E-state index in [-0.39, 0.29) is 36.6 Å². The van der Waals surface area contributed by atoms with Gasteiger partial charge in [0, 0.05) is 26.2 Å². The highest BCUT2D eigenvalue weighted by atomic mass is 19.4. The maximum absolute atomic E-state index is 13.4. The van der Waals surface area contributed by atoms with Crippen LogP contribution in [0.1, 0.15) is 23.6 Å². The Hall–Kier alpha value is -2.52. The Morgan fingerprint density at radius 1 is 0.871 bits per heavy atom. The molecule has 9 heteroatoms. The number of ether oxygens (including phenoxy) is 1. The zero-order valence-corrected chi connectivity index (χ0v) is 16.7. The number of hydrogen-bond donors (Lipinski definition) is 0. The average molecular weight is 442 g/mol. The maximum Gasteiger partial charge on any atom is 0.411 e. The van der Waals surface area contributed by atoms with Crippen molar-refractivity contribution >= 4 is 5.91 Å². The number of hydrogen-bond acceptors (Lipinski definition) is 3. The van der Waals surface area contributed by atoms with Crippen LogP contribution in [-0.2, 0) is 9.53 Å². The lowest BCUT2D eigenvalue weighted by Crippen LogP contribution is -2.50. The van der Waals surface area contributed by atoms with Gasteiger partial charge in [-0.2, -0.15) is 13.2 Å². The molecule has 168 valence electrons. The molecule has 1 fully saturated rings. The molecule has 1 aliphatic rings. The van der Waals surface area contributed by atoms with Gasteiger partial charge in [-0.05, 0) is 35.4 Å². The Morgan fingerprint density at radius 3 is 1.81 bits per heavy atom. The van der Waals surface area contributed by atoms with Crippen LogP contribution in [0.2, 0.25) is 0 Å². The third kappa shape index (κ3) is 6.73. The topological polar surface area (TPSA) is 32.8 Å². The molecular formula is C22H23F5N2O2. The van der Waals surface area contributed by atoms with Crippen LogP contribution >= 0.6 is 0 Å². The van der Waals surface area contributed by atoms with Crippen LogP contribution in [0, 0.1) is 11.6 Å². The van der Waals surface area contributed by atoms with Gasteiger partial charge in [-0.15, -0.1) is 0 Å². The van der Waals surface area contributed by atoms with E-state index in [1.54, 1.807) is 29.2 Å². The molecule has 0 unspecified atom stereocenters. The number of piperazine rings is 1. The van der Waals surface area contributed by atoms with Crippen LogP contribution in [-0.4, -0.2) is 61.3 Å². The zero-order chi connectivity index (χ0) is 22.4. The highest BCUT2D eigenvalue weighted by Gasteiger charge is 2.29. The summed E-state index contributed by atoms with van der Waals surface area (Å²) >= 11 is 0. The van der Waals surface area contributed by atoms with E-state index in [0.717, 1.165) is 11.1 Å². The molecule has 0 saturated carbocycles. The van der Waals surface area contributed by atoms with Crippen molar-refractivity contribution in [3.8, 4) is 0 Å². The zero-order valence-electron chi connectivity index (χ0n) is 16.7. The van der Waals surface area contributed by atoms with Crippen LogP contribution in [0.15, 0.2) is 48.5 Å². The van der Waals surface area contributed by atoms with E-state index in [2.05, 4.69) is 9.64 Å². The second-order valence-electron chi connectivity index (χ2n) is 7.34. The number of benzene rings is 2. The van der Waals surface area contributed by atoms with Crippen LogP contribution in [0.4, 0.5) is 22.0 Å². The van der Waals surface area contributed by atoms with Gasteiger partial charge >= 0.3 is 6.18 Å². The summed E-state index contributed by atoms with van der Waals surface area (Å²) in [4.78, 5) is 16.0. The summed E-state index contributed by atoms with van der Waals surface area (Å²) in [5.41, 5.74) is 1.68. The number of rotatable bonds is 7. The predicted octanol–water partition coefficient (Wildman–Crippen LogP) is 4.17. The predicted molar refractivity (Wildman–Crippen MR) is 104 cm³/mol. The number of alkyl halides is 3. The molecule has 2 aromatic rings. The molecule has 1 aliphatic heterocycles. The first-order valence-corrected chi connectivity index (χ1v) is 9.90. The monoisotopic (exact) mass is 442 g/mol. The van der Waals surface area contributed by atoms with Gasteiger partial charge in [0.2, 0.25) is 5.91 Å². The third-order valence-corrected chi connectivity index (χ3v) is 5.13. The Labute approximate surface area is 177 Å². The molecule has 2 aromatic carbocycles. The number of carbonyl (C=O) groups excluding carboxylic acids is 1. The Morgan fingerprint density at radius 2 is 1.35 bits per heavy atom. The SMILES string of the molecule is O=C(CCOCC(F)(F)F)N1CCN(C(c2ccc(F)cc2)c2ccc(F)cc2)CC1. The van der Waals surface area contributed by atoms with Crippen molar-refractivity contribution in [3.63, 3.8) is 0 Å². The largest absolute Gasteiger partial charge is 0.411 e. The van der Waals surface area contributed by atoms with E-state index in [1.807, 2.05) is 0 Å². The molecule has 0 radical (unpaired) electrons. The number of carbonyl (C=O) groups is 1. The van der Waals surface area contributed by atoms with Gasteiger partial charge in [0.15, 0.2) is 0 Å². The first-order valence-electron chi connectivity index (χ1n) is 9.90. The average Bonchev–Trinajstić information content (AvgIpc) is 2.74. The Kier molecular flexibility index (Phi) is 7.61. The minimum Gasteiger partial charge on any atom is -0.372 e. The summed E-state index contributed by atoms with van der Waals surface area (Å²) in [6, 6.07) is 11.9. The second-order valence-corrected chi connectivity index (χ2v) is 7.34. The molecule has 0 spiro atoms. The summed E-state index contributed by atoms with van der Waals surface area (Å²) in [7, 11) is 0. The molecule has 1 heterocycles.